The lowest BCUT2D eigenvalue weighted by molar-refractivity contribution is 0.307. The molecule has 0 radical (unpaired) electrons. The molecular weight excluding hydrogens is 168 g/mol. The minimum absolute atomic E-state index is 0.884. The summed E-state index contributed by atoms with van der Waals surface area (Å²) in [6, 6.07) is 0. The largest absolute Gasteiger partial charge is 0.497 e. The summed E-state index contributed by atoms with van der Waals surface area (Å²) >= 11 is 1.80. The number of hydrogen-bond acceptors (Lipinski definition) is 2. The van der Waals surface area contributed by atoms with Crippen LogP contribution in [0.2, 0.25) is 0 Å². The summed E-state index contributed by atoms with van der Waals surface area (Å²) in [5.41, 5.74) is 0. The summed E-state index contributed by atoms with van der Waals surface area (Å²) in [6.45, 7) is 1.97. The smallest absolute Gasteiger partial charge is 0.118 e. The second-order valence-corrected chi connectivity index (χ2v) is 3.07. The van der Waals surface area contributed by atoms with Gasteiger partial charge in [-0.1, -0.05) is 18.2 Å². The highest BCUT2D eigenvalue weighted by atomic mass is 32.2. The second kappa shape index (κ2) is 8.47. The average molecular weight is 184 g/mol. The Morgan fingerprint density at radius 1 is 1.50 bits per heavy atom. The van der Waals surface area contributed by atoms with E-state index in [1.54, 1.807) is 18.9 Å². The van der Waals surface area contributed by atoms with Crippen molar-refractivity contribution in [2.75, 3.05) is 19.1 Å². The highest BCUT2D eigenvalue weighted by molar-refractivity contribution is 7.98. The van der Waals surface area contributed by atoms with E-state index in [0.717, 1.165) is 11.5 Å². The van der Waals surface area contributed by atoms with Gasteiger partial charge in [0, 0.05) is 5.75 Å². The van der Waals surface area contributed by atoms with Gasteiger partial charge in [0.05, 0.1) is 7.11 Å². The Kier molecular flexibility index (Phi) is 8.02. The van der Waals surface area contributed by atoms with Crippen LogP contribution in [0.5, 0.6) is 0 Å². The van der Waals surface area contributed by atoms with Crippen molar-refractivity contribution in [1.82, 2.24) is 0 Å². The van der Waals surface area contributed by atoms with Crippen molar-refractivity contribution in [2.24, 2.45) is 0 Å². The van der Waals surface area contributed by atoms with Crippen LogP contribution in [-0.2, 0) is 4.74 Å². The van der Waals surface area contributed by atoms with Crippen molar-refractivity contribution in [1.29, 1.82) is 0 Å². The van der Waals surface area contributed by atoms with Crippen molar-refractivity contribution < 1.29 is 4.74 Å². The Balaban J connectivity index is 3.93. The summed E-state index contributed by atoms with van der Waals surface area (Å²) in [4.78, 5) is 0. The molecule has 0 amide bonds. The lowest BCUT2D eigenvalue weighted by atomic mass is 10.4. The van der Waals surface area contributed by atoms with Gasteiger partial charge in [-0.15, -0.1) is 0 Å². The number of thioether (sulfide) groups is 1. The average Bonchev–Trinajstić information content (AvgIpc) is 2.10. The van der Waals surface area contributed by atoms with E-state index in [-0.39, 0.29) is 0 Å². The fraction of sp³-hybridized carbons (Fsp3) is 0.400. The maximum Gasteiger partial charge on any atom is 0.118 e. The lowest BCUT2D eigenvalue weighted by Crippen LogP contribution is -1.79. The molecule has 2 heteroatoms. The van der Waals surface area contributed by atoms with E-state index in [1.165, 1.54) is 0 Å². The first kappa shape index (κ1) is 11.4. The first-order valence-electron chi connectivity index (χ1n) is 3.87. The van der Waals surface area contributed by atoms with Crippen molar-refractivity contribution in [3.05, 3.63) is 36.1 Å². The predicted molar refractivity (Wildman–Crippen MR) is 57.4 cm³/mol. The van der Waals surface area contributed by atoms with Crippen molar-refractivity contribution >= 4 is 11.8 Å². The van der Waals surface area contributed by atoms with Crippen LogP contribution < -0.4 is 0 Å². The van der Waals surface area contributed by atoms with E-state index in [4.69, 9.17) is 4.74 Å². The molecule has 0 atom stereocenters. The van der Waals surface area contributed by atoms with Crippen molar-refractivity contribution in [3.8, 4) is 0 Å². The highest BCUT2D eigenvalue weighted by Crippen LogP contribution is 1.98. The molecule has 0 spiro atoms. The molecule has 0 aliphatic rings. The quantitative estimate of drug-likeness (QED) is 0.480. The Morgan fingerprint density at radius 2 is 2.25 bits per heavy atom. The van der Waals surface area contributed by atoms with Crippen LogP contribution in [0.1, 0.15) is 6.92 Å². The predicted octanol–water partition coefficient (Wildman–Crippen LogP) is 3.01. The van der Waals surface area contributed by atoms with Gasteiger partial charge in [0.25, 0.3) is 0 Å². The third-order valence-corrected chi connectivity index (χ3v) is 1.75. The molecule has 0 unspecified atom stereocenters. The molecule has 0 saturated carbocycles. The van der Waals surface area contributed by atoms with Crippen LogP contribution in [-0.4, -0.2) is 19.1 Å². The second-order valence-electron chi connectivity index (χ2n) is 2.16. The SMILES string of the molecule is C\C=C/C(=C\C=C\CSC)OC. The molecule has 1 nitrogen and oxygen atoms in total. The van der Waals surface area contributed by atoms with Gasteiger partial charge in [0.2, 0.25) is 0 Å². The minimum atomic E-state index is 0.884. The Morgan fingerprint density at radius 3 is 2.75 bits per heavy atom. The Hall–Kier alpha value is -0.630. The third-order valence-electron chi connectivity index (χ3n) is 1.23. The number of ether oxygens (including phenoxy) is 1. The minimum Gasteiger partial charge on any atom is -0.497 e. The maximum absolute atomic E-state index is 5.09. The van der Waals surface area contributed by atoms with E-state index in [1.807, 2.05) is 31.2 Å². The first-order chi connectivity index (χ1) is 5.85. The molecule has 0 aromatic heterocycles. The third kappa shape index (κ3) is 6.10. The highest BCUT2D eigenvalue weighted by Gasteiger charge is 1.82. The van der Waals surface area contributed by atoms with Gasteiger partial charge in [-0.3, -0.25) is 0 Å². The van der Waals surface area contributed by atoms with Gasteiger partial charge >= 0.3 is 0 Å². The van der Waals surface area contributed by atoms with Gasteiger partial charge in [-0.25, -0.2) is 0 Å². The molecule has 12 heavy (non-hydrogen) atoms. The normalized spacial score (nSPS) is 13.1. The van der Waals surface area contributed by atoms with Gasteiger partial charge in [0.15, 0.2) is 0 Å². The standard InChI is InChI=1S/C10H16OS/c1-4-7-10(11-2)8-5-6-9-12-3/h4-8H,9H2,1-3H3/b6-5+,7-4-,10-8+. The van der Waals surface area contributed by atoms with E-state index in [0.29, 0.717) is 0 Å². The zero-order chi connectivity index (χ0) is 9.23. The zero-order valence-electron chi connectivity index (χ0n) is 7.91. The molecule has 0 fully saturated rings. The van der Waals surface area contributed by atoms with Crippen LogP contribution in [0.15, 0.2) is 36.1 Å². The van der Waals surface area contributed by atoms with Crippen LogP contribution in [0.4, 0.5) is 0 Å². The molecule has 0 saturated heterocycles. The fourth-order valence-electron chi connectivity index (χ4n) is 0.671. The Labute approximate surface area is 79.2 Å². The van der Waals surface area contributed by atoms with Crippen LogP contribution >= 0.6 is 11.8 Å². The maximum atomic E-state index is 5.09. The van der Waals surface area contributed by atoms with E-state index in [9.17, 15) is 0 Å². The fourth-order valence-corrected chi connectivity index (χ4v) is 0.974. The Bertz CT molecular complexity index is 180. The number of allylic oxidation sites excluding steroid dienone is 4. The van der Waals surface area contributed by atoms with E-state index in [2.05, 4.69) is 12.3 Å². The van der Waals surface area contributed by atoms with Crippen LogP contribution in [0.25, 0.3) is 0 Å². The van der Waals surface area contributed by atoms with E-state index < -0.39 is 0 Å². The molecular formula is C10H16OS. The molecule has 0 aliphatic carbocycles. The summed E-state index contributed by atoms with van der Waals surface area (Å²) in [6.07, 6.45) is 12.0. The summed E-state index contributed by atoms with van der Waals surface area (Å²) in [5, 5.41) is 0. The van der Waals surface area contributed by atoms with Crippen LogP contribution in [0.3, 0.4) is 0 Å². The van der Waals surface area contributed by atoms with Gasteiger partial charge in [-0.05, 0) is 25.3 Å². The number of hydrogen-bond donors (Lipinski definition) is 0. The molecule has 68 valence electrons. The molecule has 0 rings (SSSR count). The number of rotatable bonds is 5. The van der Waals surface area contributed by atoms with Gasteiger partial charge < -0.3 is 4.74 Å². The van der Waals surface area contributed by atoms with Crippen LogP contribution in [0, 0.1) is 0 Å². The zero-order valence-corrected chi connectivity index (χ0v) is 8.73. The molecule has 0 aliphatic heterocycles. The summed E-state index contributed by atoms with van der Waals surface area (Å²) in [7, 11) is 1.67. The molecule has 0 bridgehead atoms. The molecule has 0 heterocycles. The lowest BCUT2D eigenvalue weighted by Gasteiger charge is -1.96. The molecule has 0 aromatic carbocycles. The summed E-state index contributed by atoms with van der Waals surface area (Å²) in [5.74, 6) is 1.93. The van der Waals surface area contributed by atoms with E-state index >= 15 is 0 Å². The molecule has 0 N–H and O–H groups in total. The number of methoxy groups -OCH3 is 1. The van der Waals surface area contributed by atoms with Crippen molar-refractivity contribution in [3.63, 3.8) is 0 Å². The van der Waals surface area contributed by atoms with Gasteiger partial charge in [0.1, 0.15) is 5.76 Å². The van der Waals surface area contributed by atoms with Gasteiger partial charge in [-0.2, -0.15) is 11.8 Å². The monoisotopic (exact) mass is 184 g/mol. The first-order valence-corrected chi connectivity index (χ1v) is 5.27. The van der Waals surface area contributed by atoms with Crippen molar-refractivity contribution in [2.45, 2.75) is 6.92 Å². The topological polar surface area (TPSA) is 9.23 Å². The molecule has 0 aromatic rings. The summed E-state index contributed by atoms with van der Waals surface area (Å²) < 4.78 is 5.09.